The molecule has 0 saturated heterocycles. The molecule has 0 bridgehead atoms. The minimum Gasteiger partial charge on any atom is -0.486 e. The van der Waals surface area contributed by atoms with Crippen LogP contribution in [0.3, 0.4) is 0 Å². The van der Waals surface area contributed by atoms with Gasteiger partial charge >= 0.3 is 5.97 Å². The maximum Gasteiger partial charge on any atom is 0.303 e. The summed E-state index contributed by atoms with van der Waals surface area (Å²) in [5.41, 5.74) is 2.19. The Morgan fingerprint density at radius 3 is 2.89 bits per heavy atom. The molecule has 0 saturated carbocycles. The number of hydrogen-bond acceptors (Lipinski definition) is 3. The fourth-order valence-corrected chi connectivity index (χ4v) is 2.85. The van der Waals surface area contributed by atoms with Gasteiger partial charge in [0.2, 0.25) is 0 Å². The van der Waals surface area contributed by atoms with Crippen LogP contribution in [0.1, 0.15) is 24.0 Å². The number of carboxylic acids is 1. The topological polar surface area (TPSA) is 55.8 Å². The summed E-state index contributed by atoms with van der Waals surface area (Å²) < 4.78 is 12.0. The standard InChI is InChI=1S/C13H15BrO4/c1-8-7-10-13(18-6-5-17-10)12(14)9(8)3-2-4-11(15)16/h7H,2-6H2,1H3,(H,15,16). The molecule has 0 aromatic heterocycles. The Bertz CT molecular complexity index is 471. The number of ether oxygens (including phenoxy) is 2. The monoisotopic (exact) mass is 314 g/mol. The summed E-state index contributed by atoms with van der Waals surface area (Å²) in [5, 5.41) is 8.67. The maximum atomic E-state index is 10.5. The van der Waals surface area contributed by atoms with Crippen molar-refractivity contribution >= 4 is 21.9 Å². The van der Waals surface area contributed by atoms with Gasteiger partial charge in [-0.3, -0.25) is 4.79 Å². The van der Waals surface area contributed by atoms with Gasteiger partial charge in [-0.25, -0.2) is 0 Å². The molecular formula is C13H15BrO4. The third-order valence-corrected chi connectivity index (χ3v) is 3.76. The SMILES string of the molecule is Cc1cc2c(c(Br)c1CCCC(=O)O)OCCO2. The molecule has 0 fully saturated rings. The van der Waals surface area contributed by atoms with Crippen LogP contribution >= 0.6 is 15.9 Å². The Morgan fingerprint density at radius 1 is 1.44 bits per heavy atom. The van der Waals surface area contributed by atoms with Gasteiger partial charge in [0.05, 0.1) is 4.47 Å². The fraction of sp³-hybridized carbons (Fsp3) is 0.462. The first-order valence-electron chi connectivity index (χ1n) is 5.89. The van der Waals surface area contributed by atoms with Crippen LogP contribution in [-0.2, 0) is 11.2 Å². The van der Waals surface area contributed by atoms with Crippen molar-refractivity contribution in [3.05, 3.63) is 21.7 Å². The second kappa shape index (κ2) is 5.61. The molecule has 18 heavy (non-hydrogen) atoms. The quantitative estimate of drug-likeness (QED) is 0.928. The minimum absolute atomic E-state index is 0.181. The van der Waals surface area contributed by atoms with Crippen molar-refractivity contribution in [1.82, 2.24) is 0 Å². The summed E-state index contributed by atoms with van der Waals surface area (Å²) in [6, 6.07) is 1.95. The van der Waals surface area contributed by atoms with E-state index in [1.54, 1.807) is 0 Å². The smallest absolute Gasteiger partial charge is 0.303 e. The van der Waals surface area contributed by atoms with E-state index in [1.807, 2.05) is 13.0 Å². The van der Waals surface area contributed by atoms with Gasteiger partial charge in [0.1, 0.15) is 13.2 Å². The van der Waals surface area contributed by atoms with Crippen LogP contribution < -0.4 is 9.47 Å². The molecule has 0 unspecified atom stereocenters. The molecule has 4 nitrogen and oxygen atoms in total. The summed E-state index contributed by atoms with van der Waals surface area (Å²) in [7, 11) is 0. The highest BCUT2D eigenvalue weighted by Gasteiger charge is 2.19. The second-order valence-electron chi connectivity index (χ2n) is 4.26. The number of carboxylic acid groups (broad SMARTS) is 1. The molecule has 98 valence electrons. The van der Waals surface area contributed by atoms with Crippen molar-refractivity contribution in [3.8, 4) is 11.5 Å². The zero-order valence-corrected chi connectivity index (χ0v) is 11.7. The summed E-state index contributed by atoms with van der Waals surface area (Å²) in [4.78, 5) is 10.5. The van der Waals surface area contributed by atoms with E-state index < -0.39 is 5.97 Å². The van der Waals surface area contributed by atoms with E-state index in [0.717, 1.165) is 33.5 Å². The largest absolute Gasteiger partial charge is 0.486 e. The highest BCUT2D eigenvalue weighted by atomic mass is 79.9. The lowest BCUT2D eigenvalue weighted by Crippen LogP contribution is -2.16. The summed E-state index contributed by atoms with van der Waals surface area (Å²) in [6.45, 7) is 3.11. The van der Waals surface area contributed by atoms with Crippen LogP contribution in [0.5, 0.6) is 11.5 Å². The zero-order chi connectivity index (χ0) is 13.1. The van der Waals surface area contributed by atoms with Gasteiger partial charge in [-0.15, -0.1) is 0 Å². The lowest BCUT2D eigenvalue weighted by Gasteiger charge is -2.22. The summed E-state index contributed by atoms with van der Waals surface area (Å²) in [6.07, 6.45) is 1.52. The van der Waals surface area contributed by atoms with Gasteiger partial charge in [0.15, 0.2) is 11.5 Å². The first-order chi connectivity index (χ1) is 8.59. The highest BCUT2D eigenvalue weighted by molar-refractivity contribution is 9.10. The van der Waals surface area contributed by atoms with Crippen molar-refractivity contribution in [1.29, 1.82) is 0 Å². The number of rotatable bonds is 4. The van der Waals surface area contributed by atoms with Gasteiger partial charge < -0.3 is 14.6 Å². The maximum absolute atomic E-state index is 10.5. The van der Waals surface area contributed by atoms with Gasteiger partial charge in [-0.05, 0) is 52.9 Å². The minimum atomic E-state index is -0.763. The molecule has 2 rings (SSSR count). The lowest BCUT2D eigenvalue weighted by molar-refractivity contribution is -0.137. The molecule has 0 atom stereocenters. The molecule has 1 heterocycles. The lowest BCUT2D eigenvalue weighted by atomic mass is 10.0. The van der Waals surface area contributed by atoms with E-state index in [0.29, 0.717) is 19.6 Å². The van der Waals surface area contributed by atoms with Gasteiger partial charge in [0, 0.05) is 6.42 Å². The van der Waals surface area contributed by atoms with Crippen LogP contribution in [-0.4, -0.2) is 24.3 Å². The van der Waals surface area contributed by atoms with Crippen molar-refractivity contribution in [3.63, 3.8) is 0 Å². The average Bonchev–Trinajstić information content (AvgIpc) is 2.33. The molecule has 0 amide bonds. The van der Waals surface area contributed by atoms with E-state index in [2.05, 4.69) is 15.9 Å². The number of benzene rings is 1. The van der Waals surface area contributed by atoms with E-state index in [9.17, 15) is 4.79 Å². The number of aryl methyl sites for hydroxylation is 1. The van der Waals surface area contributed by atoms with Crippen molar-refractivity contribution < 1.29 is 19.4 Å². The zero-order valence-electron chi connectivity index (χ0n) is 10.2. The van der Waals surface area contributed by atoms with Gasteiger partial charge in [-0.2, -0.15) is 0 Å². The molecular weight excluding hydrogens is 300 g/mol. The number of fused-ring (bicyclic) bond motifs is 1. The van der Waals surface area contributed by atoms with E-state index in [4.69, 9.17) is 14.6 Å². The van der Waals surface area contributed by atoms with Crippen molar-refractivity contribution in [2.45, 2.75) is 26.2 Å². The number of halogens is 1. The molecule has 0 aliphatic carbocycles. The van der Waals surface area contributed by atoms with Crippen LogP contribution in [0.4, 0.5) is 0 Å². The number of hydrogen-bond donors (Lipinski definition) is 1. The third-order valence-electron chi connectivity index (χ3n) is 2.92. The fourth-order valence-electron chi connectivity index (χ4n) is 2.03. The Kier molecular flexibility index (Phi) is 4.11. The number of aliphatic carboxylic acids is 1. The Morgan fingerprint density at radius 2 is 2.17 bits per heavy atom. The molecule has 1 aromatic rings. The first-order valence-corrected chi connectivity index (χ1v) is 6.68. The van der Waals surface area contributed by atoms with Crippen LogP contribution in [0, 0.1) is 6.92 Å². The second-order valence-corrected chi connectivity index (χ2v) is 5.05. The molecule has 5 heteroatoms. The molecule has 0 spiro atoms. The summed E-state index contributed by atoms with van der Waals surface area (Å²) in [5.74, 6) is 0.728. The van der Waals surface area contributed by atoms with Gasteiger partial charge in [-0.1, -0.05) is 0 Å². The average molecular weight is 315 g/mol. The predicted molar refractivity (Wildman–Crippen MR) is 70.4 cm³/mol. The van der Waals surface area contributed by atoms with Crippen LogP contribution in [0.15, 0.2) is 10.5 Å². The van der Waals surface area contributed by atoms with Crippen molar-refractivity contribution in [2.24, 2.45) is 0 Å². The van der Waals surface area contributed by atoms with Crippen LogP contribution in [0.25, 0.3) is 0 Å². The summed E-state index contributed by atoms with van der Waals surface area (Å²) >= 11 is 3.53. The Hall–Kier alpha value is -1.23. The highest BCUT2D eigenvalue weighted by Crippen LogP contribution is 2.41. The van der Waals surface area contributed by atoms with E-state index >= 15 is 0 Å². The molecule has 1 aliphatic rings. The number of carbonyl (C=O) groups is 1. The Balaban J connectivity index is 2.21. The van der Waals surface area contributed by atoms with Crippen LogP contribution in [0.2, 0.25) is 0 Å². The normalized spacial score (nSPS) is 13.4. The van der Waals surface area contributed by atoms with E-state index in [1.165, 1.54) is 0 Å². The van der Waals surface area contributed by atoms with Crippen molar-refractivity contribution in [2.75, 3.05) is 13.2 Å². The molecule has 1 aliphatic heterocycles. The van der Waals surface area contributed by atoms with E-state index in [-0.39, 0.29) is 6.42 Å². The first kappa shape index (κ1) is 13.2. The van der Waals surface area contributed by atoms with Gasteiger partial charge in [0.25, 0.3) is 0 Å². The Labute approximate surface area is 114 Å². The molecule has 1 aromatic carbocycles. The third kappa shape index (κ3) is 2.77. The predicted octanol–water partition coefficient (Wildman–Crippen LogP) is 2.94. The molecule has 1 N–H and O–H groups in total. The molecule has 0 radical (unpaired) electrons.